The Morgan fingerprint density at radius 2 is 1.86 bits per heavy atom. The Bertz CT molecular complexity index is 301. The third-order valence-electron chi connectivity index (χ3n) is 2.32. The molecule has 0 fully saturated rings. The Balaban J connectivity index is 2.89. The smallest absolute Gasteiger partial charge is 0.128 e. The molecule has 3 N–H and O–H groups in total. The Hall–Kier alpha value is -0.930. The van der Waals surface area contributed by atoms with Crippen LogP contribution in [0.1, 0.15) is 25.5 Å². The molecule has 0 saturated heterocycles. The van der Waals surface area contributed by atoms with E-state index in [1.54, 1.807) is 18.2 Å². The molecule has 1 rings (SSSR count). The Morgan fingerprint density at radius 3 is 2.36 bits per heavy atom. The average molecular weight is 197 g/mol. The summed E-state index contributed by atoms with van der Waals surface area (Å²) in [6.07, 6.45) is -0.716. The van der Waals surface area contributed by atoms with E-state index in [1.165, 1.54) is 6.07 Å². The van der Waals surface area contributed by atoms with Gasteiger partial charge in [0.15, 0.2) is 0 Å². The van der Waals surface area contributed by atoms with Crippen LogP contribution in [0, 0.1) is 11.7 Å². The van der Waals surface area contributed by atoms with Crippen LogP contribution in [0.25, 0.3) is 0 Å². The normalized spacial score (nSPS) is 15.6. The van der Waals surface area contributed by atoms with Crippen LogP contribution in [0.2, 0.25) is 0 Å². The van der Waals surface area contributed by atoms with Crippen molar-refractivity contribution in [1.29, 1.82) is 0 Å². The minimum atomic E-state index is -0.716. The summed E-state index contributed by atoms with van der Waals surface area (Å²) in [5.74, 6) is -0.343. The molecular weight excluding hydrogens is 181 g/mol. The van der Waals surface area contributed by atoms with Crippen molar-refractivity contribution in [2.75, 3.05) is 0 Å². The van der Waals surface area contributed by atoms with Crippen LogP contribution in [0.5, 0.6) is 0 Å². The molecule has 0 aliphatic heterocycles. The number of aliphatic hydroxyl groups is 1. The van der Waals surface area contributed by atoms with Gasteiger partial charge in [-0.1, -0.05) is 32.0 Å². The highest BCUT2D eigenvalue weighted by Crippen LogP contribution is 2.21. The van der Waals surface area contributed by atoms with Gasteiger partial charge in [0, 0.05) is 5.56 Å². The van der Waals surface area contributed by atoms with Gasteiger partial charge in [-0.05, 0) is 12.0 Å². The van der Waals surface area contributed by atoms with Crippen molar-refractivity contribution in [1.82, 2.24) is 0 Å². The van der Waals surface area contributed by atoms with Crippen molar-refractivity contribution in [2.24, 2.45) is 11.7 Å². The summed E-state index contributed by atoms with van der Waals surface area (Å²) in [4.78, 5) is 0. The first kappa shape index (κ1) is 11.1. The zero-order chi connectivity index (χ0) is 10.7. The first-order valence-electron chi connectivity index (χ1n) is 4.72. The zero-order valence-electron chi connectivity index (χ0n) is 8.44. The lowest BCUT2D eigenvalue weighted by atomic mass is 9.94. The summed E-state index contributed by atoms with van der Waals surface area (Å²) in [5.41, 5.74) is 6.12. The van der Waals surface area contributed by atoms with Crippen molar-refractivity contribution in [2.45, 2.75) is 26.0 Å². The van der Waals surface area contributed by atoms with Crippen molar-refractivity contribution >= 4 is 0 Å². The largest absolute Gasteiger partial charge is 0.391 e. The fourth-order valence-electron chi connectivity index (χ4n) is 1.34. The SMILES string of the molecule is CC(C)[C@H](O)[C@H](N)c1ccccc1F. The minimum absolute atomic E-state index is 0.0182. The van der Waals surface area contributed by atoms with Crippen molar-refractivity contribution in [3.63, 3.8) is 0 Å². The van der Waals surface area contributed by atoms with Crippen LogP contribution in [0.3, 0.4) is 0 Å². The highest BCUT2D eigenvalue weighted by Gasteiger charge is 2.22. The van der Waals surface area contributed by atoms with E-state index in [1.807, 2.05) is 13.8 Å². The summed E-state index contributed by atoms with van der Waals surface area (Å²) in [6, 6.07) is 5.61. The Kier molecular flexibility index (Phi) is 3.61. The van der Waals surface area contributed by atoms with E-state index in [2.05, 4.69) is 0 Å². The average Bonchev–Trinajstić information content (AvgIpc) is 2.16. The molecule has 0 unspecified atom stereocenters. The molecule has 0 radical (unpaired) electrons. The number of rotatable bonds is 3. The van der Waals surface area contributed by atoms with E-state index < -0.39 is 12.1 Å². The van der Waals surface area contributed by atoms with Gasteiger partial charge in [0.05, 0.1) is 12.1 Å². The van der Waals surface area contributed by atoms with Crippen molar-refractivity contribution in [3.05, 3.63) is 35.6 Å². The highest BCUT2D eigenvalue weighted by atomic mass is 19.1. The second kappa shape index (κ2) is 4.53. The fourth-order valence-corrected chi connectivity index (χ4v) is 1.34. The molecule has 0 bridgehead atoms. The van der Waals surface area contributed by atoms with Crippen LogP contribution in [0.4, 0.5) is 4.39 Å². The quantitative estimate of drug-likeness (QED) is 0.776. The molecule has 1 aromatic carbocycles. The lowest BCUT2D eigenvalue weighted by molar-refractivity contribution is 0.0966. The van der Waals surface area contributed by atoms with Gasteiger partial charge in [-0.2, -0.15) is 0 Å². The van der Waals surface area contributed by atoms with Gasteiger partial charge in [-0.25, -0.2) is 4.39 Å². The molecule has 78 valence electrons. The van der Waals surface area contributed by atoms with Crippen LogP contribution >= 0.6 is 0 Å². The molecule has 0 aliphatic carbocycles. The van der Waals surface area contributed by atoms with Crippen molar-refractivity contribution in [3.8, 4) is 0 Å². The summed E-state index contributed by atoms with van der Waals surface area (Å²) in [5, 5.41) is 9.68. The van der Waals surface area contributed by atoms with Gasteiger partial charge >= 0.3 is 0 Å². The first-order chi connectivity index (χ1) is 6.54. The maximum Gasteiger partial charge on any atom is 0.128 e. The van der Waals surface area contributed by atoms with Crippen molar-refractivity contribution < 1.29 is 9.50 Å². The summed E-state index contributed by atoms with van der Waals surface area (Å²) in [6.45, 7) is 3.71. The van der Waals surface area contributed by atoms with E-state index in [0.717, 1.165) is 0 Å². The standard InChI is InChI=1S/C11H16FNO/c1-7(2)11(14)10(13)8-5-3-4-6-9(8)12/h3-7,10-11,14H,13H2,1-2H3/t10-,11+/m1/s1. The monoisotopic (exact) mass is 197 g/mol. The molecule has 3 heteroatoms. The number of benzene rings is 1. The molecule has 2 nitrogen and oxygen atoms in total. The van der Waals surface area contributed by atoms with Gasteiger partial charge in [0.1, 0.15) is 5.82 Å². The van der Waals surface area contributed by atoms with Gasteiger partial charge in [0.25, 0.3) is 0 Å². The van der Waals surface area contributed by atoms with E-state index in [9.17, 15) is 9.50 Å². The van der Waals surface area contributed by atoms with Crippen LogP contribution < -0.4 is 5.73 Å². The van der Waals surface area contributed by atoms with Gasteiger partial charge < -0.3 is 10.8 Å². The molecule has 2 atom stereocenters. The maximum atomic E-state index is 13.3. The number of hydrogen-bond donors (Lipinski definition) is 2. The van der Waals surface area contributed by atoms with E-state index in [4.69, 9.17) is 5.73 Å². The zero-order valence-corrected chi connectivity index (χ0v) is 8.44. The van der Waals surface area contributed by atoms with Crippen LogP contribution in [0.15, 0.2) is 24.3 Å². The molecule has 0 aromatic heterocycles. The topological polar surface area (TPSA) is 46.2 Å². The lowest BCUT2D eigenvalue weighted by Gasteiger charge is -2.22. The number of nitrogens with two attached hydrogens (primary N) is 1. The predicted octanol–water partition coefficient (Wildman–Crippen LogP) is 1.84. The molecule has 0 amide bonds. The highest BCUT2D eigenvalue weighted by molar-refractivity contribution is 5.21. The summed E-state index contributed by atoms with van der Waals surface area (Å²) < 4.78 is 13.3. The fraction of sp³-hybridized carbons (Fsp3) is 0.455. The van der Waals surface area contributed by atoms with E-state index in [-0.39, 0.29) is 11.7 Å². The number of halogens is 1. The Morgan fingerprint density at radius 1 is 1.29 bits per heavy atom. The molecule has 0 aliphatic rings. The van der Waals surface area contributed by atoms with Gasteiger partial charge in [-0.15, -0.1) is 0 Å². The van der Waals surface area contributed by atoms with E-state index >= 15 is 0 Å². The van der Waals surface area contributed by atoms with Gasteiger partial charge in [-0.3, -0.25) is 0 Å². The molecule has 0 saturated carbocycles. The molecular formula is C11H16FNO. The number of aliphatic hydroxyl groups excluding tert-OH is 1. The van der Waals surface area contributed by atoms with Crippen LogP contribution in [-0.4, -0.2) is 11.2 Å². The second-order valence-corrected chi connectivity index (χ2v) is 3.78. The molecule has 14 heavy (non-hydrogen) atoms. The van der Waals surface area contributed by atoms with Gasteiger partial charge in [0.2, 0.25) is 0 Å². The maximum absolute atomic E-state index is 13.3. The molecule has 0 heterocycles. The predicted molar refractivity (Wildman–Crippen MR) is 54.2 cm³/mol. The summed E-state index contributed by atoms with van der Waals surface area (Å²) >= 11 is 0. The third-order valence-corrected chi connectivity index (χ3v) is 2.32. The second-order valence-electron chi connectivity index (χ2n) is 3.78. The van der Waals surface area contributed by atoms with E-state index in [0.29, 0.717) is 5.56 Å². The molecule has 0 spiro atoms. The van der Waals surface area contributed by atoms with Crippen LogP contribution in [-0.2, 0) is 0 Å². The minimum Gasteiger partial charge on any atom is -0.391 e. The lowest BCUT2D eigenvalue weighted by Crippen LogP contribution is -2.31. The summed E-state index contributed by atoms with van der Waals surface area (Å²) in [7, 11) is 0. The first-order valence-corrected chi connectivity index (χ1v) is 4.72. The number of hydrogen-bond acceptors (Lipinski definition) is 2. The Labute approximate surface area is 83.6 Å². The molecule has 1 aromatic rings. The third kappa shape index (κ3) is 2.30.